The molecule has 6 nitrogen and oxygen atoms in total. The number of carboxylic acid groups (broad SMARTS) is 1. The number of pyridine rings is 1. The van der Waals surface area contributed by atoms with Crippen LogP contribution in [-0.4, -0.2) is 33.5 Å². The first-order valence-corrected chi connectivity index (χ1v) is 8.69. The number of carboxylic acids is 1. The van der Waals surface area contributed by atoms with E-state index in [0.29, 0.717) is 17.7 Å². The van der Waals surface area contributed by atoms with Crippen molar-refractivity contribution < 1.29 is 19.1 Å². The average molecular weight is 377 g/mol. The molecule has 140 valence electrons. The van der Waals surface area contributed by atoms with Gasteiger partial charge < -0.3 is 15.4 Å². The Hall–Kier alpha value is -3.74. The molecule has 0 saturated carbocycles. The Morgan fingerprint density at radius 2 is 1.96 bits per heavy atom. The van der Waals surface area contributed by atoms with Crippen LogP contribution < -0.4 is 5.32 Å². The summed E-state index contributed by atoms with van der Waals surface area (Å²) in [7, 11) is 0. The van der Waals surface area contributed by atoms with E-state index in [1.165, 1.54) is 36.5 Å². The lowest BCUT2D eigenvalue weighted by molar-refractivity contribution is 0.0696. The second-order valence-corrected chi connectivity index (χ2v) is 6.43. The van der Waals surface area contributed by atoms with Crippen LogP contribution in [0.4, 0.5) is 4.39 Å². The molecule has 3 aromatic rings. The van der Waals surface area contributed by atoms with Crippen LogP contribution >= 0.6 is 0 Å². The maximum absolute atomic E-state index is 14.7. The molecule has 1 aliphatic rings. The fourth-order valence-electron chi connectivity index (χ4n) is 3.12. The predicted octanol–water partition coefficient (Wildman–Crippen LogP) is 3.53. The minimum absolute atomic E-state index is 0.117. The van der Waals surface area contributed by atoms with Crippen LogP contribution in [-0.2, 0) is 6.42 Å². The van der Waals surface area contributed by atoms with E-state index in [0.717, 1.165) is 23.4 Å². The number of hydrogen-bond acceptors (Lipinski definition) is 3. The monoisotopic (exact) mass is 377 g/mol. The number of hydrogen-bond donors (Lipinski definition) is 3. The van der Waals surface area contributed by atoms with Crippen molar-refractivity contribution in [3.63, 3.8) is 0 Å². The lowest BCUT2D eigenvalue weighted by Crippen LogP contribution is -2.31. The van der Waals surface area contributed by atoms with Crippen LogP contribution in [0, 0.1) is 0 Å². The number of fused-ring (bicyclic) bond motifs is 1. The summed E-state index contributed by atoms with van der Waals surface area (Å²) in [6.45, 7) is 0.589. The lowest BCUT2D eigenvalue weighted by atomic mass is 10.1. The molecule has 28 heavy (non-hydrogen) atoms. The normalized spacial score (nSPS) is 13.8. The highest BCUT2D eigenvalue weighted by Gasteiger charge is 2.20. The van der Waals surface area contributed by atoms with Crippen LogP contribution in [0.1, 0.15) is 37.7 Å². The minimum atomic E-state index is -1.03. The molecular weight excluding hydrogens is 361 g/mol. The van der Waals surface area contributed by atoms with Gasteiger partial charge >= 0.3 is 5.97 Å². The molecule has 0 fully saturated rings. The number of aromatic carboxylic acids is 1. The molecule has 1 aromatic carbocycles. The fraction of sp³-hybridized carbons (Fsp3) is 0.0952. The minimum Gasteiger partial charge on any atom is -0.478 e. The third-order valence-electron chi connectivity index (χ3n) is 4.57. The van der Waals surface area contributed by atoms with E-state index in [2.05, 4.69) is 15.3 Å². The average Bonchev–Trinajstić information content (AvgIpc) is 3.14. The Morgan fingerprint density at radius 1 is 1.18 bits per heavy atom. The molecule has 0 radical (unpaired) electrons. The molecule has 7 heteroatoms. The third kappa shape index (κ3) is 3.42. The number of rotatable bonds is 4. The molecular formula is C21H16FN3O3. The molecule has 1 amide bonds. The van der Waals surface area contributed by atoms with Crippen molar-refractivity contribution in [2.75, 3.05) is 6.54 Å². The van der Waals surface area contributed by atoms with Gasteiger partial charge in [-0.15, -0.1) is 0 Å². The van der Waals surface area contributed by atoms with Gasteiger partial charge in [0.1, 0.15) is 5.83 Å². The van der Waals surface area contributed by atoms with Crippen molar-refractivity contribution in [3.8, 4) is 11.3 Å². The number of halogens is 1. The van der Waals surface area contributed by atoms with E-state index in [1.54, 1.807) is 18.2 Å². The number of nitrogens with one attached hydrogen (secondary N) is 2. The predicted molar refractivity (Wildman–Crippen MR) is 102 cm³/mol. The van der Waals surface area contributed by atoms with Gasteiger partial charge in [-0.2, -0.15) is 0 Å². The zero-order valence-electron chi connectivity index (χ0n) is 14.7. The number of benzene rings is 1. The first-order chi connectivity index (χ1) is 13.5. The SMILES string of the molecule is O=C(O)c1ccc(C=C(F)c2cc(-c3cc4c([nH]3)CCNC4=O)ccn2)cc1. The zero-order valence-corrected chi connectivity index (χ0v) is 14.7. The van der Waals surface area contributed by atoms with Gasteiger partial charge in [0.25, 0.3) is 5.91 Å². The second kappa shape index (κ2) is 7.11. The first-order valence-electron chi connectivity index (χ1n) is 8.69. The van der Waals surface area contributed by atoms with Crippen LogP contribution in [0.2, 0.25) is 0 Å². The number of carbonyl (C=O) groups excluding carboxylic acids is 1. The van der Waals surface area contributed by atoms with E-state index in [9.17, 15) is 14.0 Å². The summed E-state index contributed by atoms with van der Waals surface area (Å²) >= 11 is 0. The Labute approximate surface area is 159 Å². The van der Waals surface area contributed by atoms with Crippen LogP contribution in [0.5, 0.6) is 0 Å². The molecule has 3 N–H and O–H groups in total. The Balaban J connectivity index is 1.63. The lowest BCUT2D eigenvalue weighted by Gasteiger charge is -2.10. The van der Waals surface area contributed by atoms with Crippen molar-refractivity contribution in [1.29, 1.82) is 0 Å². The van der Waals surface area contributed by atoms with E-state index in [4.69, 9.17) is 5.11 Å². The third-order valence-corrected chi connectivity index (χ3v) is 4.57. The van der Waals surface area contributed by atoms with E-state index < -0.39 is 11.8 Å². The van der Waals surface area contributed by atoms with E-state index in [-0.39, 0.29) is 17.2 Å². The zero-order chi connectivity index (χ0) is 19.7. The Kier molecular flexibility index (Phi) is 4.49. The smallest absolute Gasteiger partial charge is 0.335 e. The summed E-state index contributed by atoms with van der Waals surface area (Å²) in [6, 6.07) is 11.0. The van der Waals surface area contributed by atoms with Gasteiger partial charge in [-0.05, 0) is 42.0 Å². The van der Waals surface area contributed by atoms with Gasteiger partial charge in [-0.25, -0.2) is 9.18 Å². The van der Waals surface area contributed by atoms with Crippen LogP contribution in [0.3, 0.4) is 0 Å². The second-order valence-electron chi connectivity index (χ2n) is 6.43. The molecule has 0 saturated heterocycles. The highest BCUT2D eigenvalue weighted by molar-refractivity contribution is 5.97. The van der Waals surface area contributed by atoms with Crippen molar-refractivity contribution >= 4 is 23.8 Å². The molecule has 0 unspecified atom stereocenters. The van der Waals surface area contributed by atoms with E-state index >= 15 is 0 Å². The first kappa shape index (κ1) is 17.7. The summed E-state index contributed by atoms with van der Waals surface area (Å²) in [6.07, 6.45) is 3.52. The van der Waals surface area contributed by atoms with Crippen molar-refractivity contribution in [3.05, 3.63) is 76.7 Å². The Bertz CT molecular complexity index is 1100. The Morgan fingerprint density at radius 3 is 2.68 bits per heavy atom. The highest BCUT2D eigenvalue weighted by Crippen LogP contribution is 2.27. The quantitative estimate of drug-likeness (QED) is 0.648. The maximum Gasteiger partial charge on any atom is 0.335 e. The van der Waals surface area contributed by atoms with Crippen molar-refractivity contribution in [1.82, 2.24) is 15.3 Å². The van der Waals surface area contributed by atoms with Gasteiger partial charge in [-0.1, -0.05) is 12.1 Å². The summed E-state index contributed by atoms with van der Waals surface area (Å²) < 4.78 is 14.7. The van der Waals surface area contributed by atoms with Gasteiger partial charge in [0.05, 0.1) is 16.8 Å². The van der Waals surface area contributed by atoms with Gasteiger partial charge in [-0.3, -0.25) is 9.78 Å². The standard InChI is InChI=1S/C21H16FN3O3/c22-16(9-12-1-3-13(4-2-12)21(27)28)19-10-14(5-7-23-19)18-11-15-17(25-18)6-8-24-20(15)26/h1-5,7,9-11,25H,6,8H2,(H,24,26)(H,27,28). The number of H-pyrrole nitrogens is 1. The van der Waals surface area contributed by atoms with Crippen molar-refractivity contribution in [2.45, 2.75) is 6.42 Å². The molecule has 4 rings (SSSR count). The summed E-state index contributed by atoms with van der Waals surface area (Å²) in [5.74, 6) is -1.69. The largest absolute Gasteiger partial charge is 0.478 e. The number of nitrogens with zero attached hydrogens (tertiary/aromatic N) is 1. The van der Waals surface area contributed by atoms with E-state index in [1.807, 2.05) is 0 Å². The molecule has 0 atom stereocenters. The summed E-state index contributed by atoms with van der Waals surface area (Å²) in [5.41, 5.74) is 3.73. The fourth-order valence-corrected chi connectivity index (χ4v) is 3.12. The molecule has 0 aliphatic carbocycles. The summed E-state index contributed by atoms with van der Waals surface area (Å²) in [5, 5.41) is 11.7. The maximum atomic E-state index is 14.7. The van der Waals surface area contributed by atoms with Gasteiger partial charge in [0.15, 0.2) is 0 Å². The molecule has 1 aliphatic heterocycles. The number of aromatic amines is 1. The molecule has 0 spiro atoms. The molecule has 0 bridgehead atoms. The molecule has 2 aromatic heterocycles. The van der Waals surface area contributed by atoms with Gasteiger partial charge in [0.2, 0.25) is 0 Å². The summed E-state index contributed by atoms with van der Waals surface area (Å²) in [4.78, 5) is 30.1. The topological polar surface area (TPSA) is 95.1 Å². The number of aromatic nitrogens is 2. The van der Waals surface area contributed by atoms with Crippen LogP contribution in [0.25, 0.3) is 23.2 Å². The van der Waals surface area contributed by atoms with Crippen LogP contribution in [0.15, 0.2) is 48.7 Å². The van der Waals surface area contributed by atoms with Gasteiger partial charge in [0, 0.05) is 36.1 Å². The number of amides is 1. The highest BCUT2D eigenvalue weighted by atomic mass is 19.1. The number of carbonyl (C=O) groups is 2. The van der Waals surface area contributed by atoms with Crippen molar-refractivity contribution in [2.24, 2.45) is 0 Å². The molecule has 3 heterocycles.